The molecule has 0 spiro atoms. The van der Waals surface area contributed by atoms with Gasteiger partial charge in [-0.1, -0.05) is 27.7 Å². The zero-order chi connectivity index (χ0) is 34.6. The molecule has 0 bridgehead atoms. The number of hydrogen-bond donors (Lipinski definition) is 9. The largest absolute Gasteiger partial charge is 0.480 e. The molecular formula is C29H48ClN10O7+. The van der Waals surface area contributed by atoms with Crippen LogP contribution < -0.4 is 32.3 Å². The number of nitrogens with one attached hydrogen (secondary N) is 7. The van der Waals surface area contributed by atoms with Crippen molar-refractivity contribution in [2.24, 2.45) is 11.8 Å². The van der Waals surface area contributed by atoms with Gasteiger partial charge in [-0.25, -0.2) is 9.97 Å². The molecule has 0 fully saturated rings. The highest BCUT2D eigenvalue weighted by Gasteiger charge is 2.27. The molecule has 2 rings (SSSR count). The molecule has 2 heterocycles. The van der Waals surface area contributed by atoms with E-state index in [2.05, 4.69) is 52.3 Å². The number of rotatable bonds is 19. The molecule has 2 aromatic rings. The van der Waals surface area contributed by atoms with E-state index in [9.17, 15) is 28.8 Å². The van der Waals surface area contributed by atoms with Gasteiger partial charge in [0.2, 0.25) is 0 Å². The van der Waals surface area contributed by atoms with Gasteiger partial charge in [-0.15, -0.1) is 12.4 Å². The Morgan fingerprint density at radius 1 is 0.723 bits per heavy atom. The lowest BCUT2D eigenvalue weighted by Gasteiger charge is -2.21. The second-order valence-corrected chi connectivity index (χ2v) is 12.0. The zero-order valence-corrected chi connectivity index (χ0v) is 28.4. The highest BCUT2D eigenvalue weighted by Crippen LogP contribution is 2.10. The fourth-order valence-corrected chi connectivity index (χ4v) is 4.57. The molecule has 0 saturated heterocycles. The maximum Gasteiger partial charge on any atom is 0.325 e. The highest BCUT2D eigenvalue weighted by molar-refractivity contribution is 6.06. The van der Waals surface area contributed by atoms with Crippen molar-refractivity contribution >= 4 is 47.8 Å². The molecule has 262 valence electrons. The van der Waals surface area contributed by atoms with Gasteiger partial charge in [-0.2, -0.15) is 0 Å². The molecular weight excluding hydrogens is 636 g/mol. The van der Waals surface area contributed by atoms with E-state index in [1.54, 1.807) is 0 Å². The molecule has 0 unspecified atom stereocenters. The summed E-state index contributed by atoms with van der Waals surface area (Å²) in [6, 6.07) is -2.73. The summed E-state index contributed by atoms with van der Waals surface area (Å²) in [5.41, 5.74) is 3.33. The Morgan fingerprint density at radius 2 is 1.17 bits per heavy atom. The molecule has 0 aliphatic heterocycles. The van der Waals surface area contributed by atoms with E-state index in [0.29, 0.717) is 18.9 Å². The maximum absolute atomic E-state index is 13.0. The van der Waals surface area contributed by atoms with Crippen LogP contribution in [0.3, 0.4) is 0 Å². The molecule has 0 saturated carbocycles. The van der Waals surface area contributed by atoms with E-state index in [1.165, 1.54) is 20.2 Å². The van der Waals surface area contributed by atoms with Gasteiger partial charge in [0.25, 0.3) is 23.6 Å². The molecule has 0 aliphatic rings. The first-order valence-electron chi connectivity index (χ1n) is 15.2. The predicted octanol–water partition coefficient (Wildman–Crippen LogP) is -0.734. The summed E-state index contributed by atoms with van der Waals surface area (Å²) in [5, 5.41) is 22.6. The number of halogens is 1. The maximum atomic E-state index is 13.0. The minimum Gasteiger partial charge on any atom is -0.480 e. The summed E-state index contributed by atoms with van der Waals surface area (Å²) in [5.74, 6) is -3.72. The van der Waals surface area contributed by atoms with Crippen molar-refractivity contribution in [3.05, 3.63) is 35.4 Å². The average molecular weight is 684 g/mol. The van der Waals surface area contributed by atoms with Gasteiger partial charge in [-0.05, 0) is 38.5 Å². The monoisotopic (exact) mass is 683 g/mol. The third-order valence-electron chi connectivity index (χ3n) is 6.93. The highest BCUT2D eigenvalue weighted by atomic mass is 35.5. The number of carboxylic acids is 1. The van der Waals surface area contributed by atoms with E-state index in [-0.39, 0.29) is 66.0 Å². The summed E-state index contributed by atoms with van der Waals surface area (Å²) in [7, 11) is 0. The number of carbonyl (C=O) groups excluding carboxylic acids is 5. The van der Waals surface area contributed by atoms with E-state index < -0.39 is 47.7 Å². The van der Waals surface area contributed by atoms with Crippen molar-refractivity contribution in [3.8, 4) is 0 Å². The smallest absolute Gasteiger partial charge is 0.325 e. The SMILES string of the molecule is CC(C)C[C@@H](CNCC(=O)[C@H](C)NC(=O)c1[nH]cnc1C(=O)N[C@H](C[NH3+])CC(C)C)NC(=O)c1nc[nH]c1C(=O)N[C@@H](C)C(=O)O.Cl. The Balaban J connectivity index is 0.0000110. The number of nitrogens with zero attached hydrogens (tertiary/aromatic N) is 2. The van der Waals surface area contributed by atoms with Gasteiger partial charge in [0, 0.05) is 12.6 Å². The van der Waals surface area contributed by atoms with Gasteiger partial charge >= 0.3 is 5.97 Å². The topological polar surface area (TPSA) is 268 Å². The number of imidazole rings is 2. The van der Waals surface area contributed by atoms with E-state index >= 15 is 0 Å². The number of carbonyl (C=O) groups is 6. The van der Waals surface area contributed by atoms with Crippen LogP contribution in [-0.4, -0.2) is 104 Å². The summed E-state index contributed by atoms with van der Waals surface area (Å²) in [6.45, 7) is 11.3. The molecule has 2 aromatic heterocycles. The molecule has 0 aromatic carbocycles. The fraction of sp³-hybridized carbons (Fsp3) is 0.586. The minimum atomic E-state index is -1.24. The standard InChI is InChI=1S/C29H46N10O7.ClH/c1-14(2)7-18(9-30)38-27(43)23-21(32-12-34-23)25(41)36-16(5)20(40)11-31-10-19(8-15(3)4)39-28(44)24-22(33-13-35-24)26(42)37-17(6)29(45)46;/h12-19,31H,7-11,30H2,1-6H3,(H,32,34)(H,33,35)(H,36,41)(H,37,42)(H,38,43)(H,39,44)(H,45,46);1H/p+1/t16-,17-,18-,19-;/m0./s1. The Labute approximate surface area is 279 Å². The quantitative estimate of drug-likeness (QED) is 0.0895. The number of H-pyrrole nitrogens is 2. The van der Waals surface area contributed by atoms with Crippen molar-refractivity contribution in [3.63, 3.8) is 0 Å². The summed E-state index contributed by atoms with van der Waals surface area (Å²) >= 11 is 0. The van der Waals surface area contributed by atoms with E-state index in [4.69, 9.17) is 5.11 Å². The number of amides is 4. The molecule has 0 aliphatic carbocycles. The Kier molecular flexibility index (Phi) is 16.7. The first kappa shape index (κ1) is 40.7. The molecule has 4 atom stereocenters. The molecule has 18 heteroatoms. The lowest BCUT2D eigenvalue weighted by atomic mass is 10.0. The van der Waals surface area contributed by atoms with Crippen LogP contribution in [0.2, 0.25) is 0 Å². The summed E-state index contributed by atoms with van der Waals surface area (Å²) in [4.78, 5) is 88.3. The van der Waals surface area contributed by atoms with E-state index in [0.717, 1.165) is 12.7 Å². The number of quaternary nitrogens is 1. The molecule has 11 N–H and O–H groups in total. The van der Waals surface area contributed by atoms with Crippen LogP contribution >= 0.6 is 12.4 Å². The van der Waals surface area contributed by atoms with Crippen molar-refractivity contribution < 1.29 is 39.6 Å². The van der Waals surface area contributed by atoms with Crippen molar-refractivity contribution in [2.75, 3.05) is 19.6 Å². The molecule has 17 nitrogen and oxygen atoms in total. The number of hydrogen-bond acceptors (Lipinski definition) is 9. The van der Waals surface area contributed by atoms with Gasteiger partial charge in [0.05, 0.1) is 37.8 Å². The number of Topliss-reactive ketones (excluding diaryl/α,β-unsaturated/α-hetero) is 1. The third kappa shape index (κ3) is 12.8. The second-order valence-electron chi connectivity index (χ2n) is 12.0. The molecule has 4 amide bonds. The number of aromatic amines is 2. The lowest BCUT2D eigenvalue weighted by Crippen LogP contribution is -2.60. The Hall–Kier alpha value is -4.35. The van der Waals surface area contributed by atoms with Gasteiger partial charge in [0.15, 0.2) is 17.2 Å². The number of aromatic nitrogens is 4. The van der Waals surface area contributed by atoms with Crippen LogP contribution in [0.25, 0.3) is 0 Å². The third-order valence-corrected chi connectivity index (χ3v) is 6.93. The van der Waals surface area contributed by atoms with Crippen LogP contribution in [0.5, 0.6) is 0 Å². The minimum absolute atomic E-state index is 0. The molecule has 47 heavy (non-hydrogen) atoms. The fourth-order valence-electron chi connectivity index (χ4n) is 4.57. The van der Waals surface area contributed by atoms with Gasteiger partial charge in [0.1, 0.15) is 17.4 Å². The van der Waals surface area contributed by atoms with Crippen LogP contribution in [0.4, 0.5) is 0 Å². The average Bonchev–Trinajstić information content (AvgIpc) is 3.66. The Bertz CT molecular complexity index is 1380. The number of carboxylic acid groups (broad SMARTS) is 1. The van der Waals surface area contributed by atoms with Crippen LogP contribution in [0, 0.1) is 11.8 Å². The predicted molar refractivity (Wildman–Crippen MR) is 173 cm³/mol. The van der Waals surface area contributed by atoms with Gasteiger partial charge in [-0.3, -0.25) is 28.8 Å². The summed E-state index contributed by atoms with van der Waals surface area (Å²) in [6.07, 6.45) is 3.64. The van der Waals surface area contributed by atoms with Crippen LogP contribution in [-0.2, 0) is 9.59 Å². The number of ketones is 1. The van der Waals surface area contributed by atoms with Crippen LogP contribution in [0.1, 0.15) is 96.3 Å². The lowest BCUT2D eigenvalue weighted by molar-refractivity contribution is -0.373. The van der Waals surface area contributed by atoms with Gasteiger partial charge < -0.3 is 47.4 Å². The second kappa shape index (κ2) is 19.3. The van der Waals surface area contributed by atoms with Crippen molar-refractivity contribution in [2.45, 2.75) is 78.6 Å². The van der Waals surface area contributed by atoms with Crippen LogP contribution in [0.15, 0.2) is 12.7 Å². The van der Waals surface area contributed by atoms with E-state index in [1.807, 2.05) is 27.7 Å². The van der Waals surface area contributed by atoms with Crippen molar-refractivity contribution in [1.29, 1.82) is 0 Å². The normalized spacial score (nSPS) is 13.6. The zero-order valence-electron chi connectivity index (χ0n) is 27.6. The Morgan fingerprint density at radius 3 is 1.62 bits per heavy atom. The van der Waals surface area contributed by atoms with Crippen molar-refractivity contribution in [1.82, 2.24) is 46.5 Å². The molecule has 0 radical (unpaired) electrons. The first-order valence-corrected chi connectivity index (χ1v) is 15.2. The number of aliphatic carboxylic acids is 1. The summed E-state index contributed by atoms with van der Waals surface area (Å²) < 4.78 is 0. The first-order chi connectivity index (χ1) is 21.6.